The smallest absolute Gasteiger partial charge is 0.409 e. The maximum Gasteiger partial charge on any atom is 0.409 e. The fourth-order valence-corrected chi connectivity index (χ4v) is 2.85. The van der Waals surface area contributed by atoms with Crippen molar-refractivity contribution in [2.24, 2.45) is 5.73 Å². The third-order valence-electron chi connectivity index (χ3n) is 2.82. The van der Waals surface area contributed by atoms with E-state index in [4.69, 9.17) is 15.2 Å². The maximum atomic E-state index is 11.0. The van der Waals surface area contributed by atoms with E-state index in [1.807, 2.05) is 18.2 Å². The van der Waals surface area contributed by atoms with Crippen molar-refractivity contribution in [1.29, 1.82) is 0 Å². The topological polar surface area (TPSA) is 87.3 Å². The van der Waals surface area contributed by atoms with Crippen molar-refractivity contribution in [2.45, 2.75) is 0 Å². The molecule has 2 N–H and O–H groups in total. The van der Waals surface area contributed by atoms with Crippen LogP contribution in [0.5, 0.6) is 11.5 Å². The summed E-state index contributed by atoms with van der Waals surface area (Å²) in [5.74, 6) is 1.07. The van der Waals surface area contributed by atoms with Gasteiger partial charge in [0.05, 0.1) is 22.9 Å². The number of nitrogens with two attached hydrogens (primary N) is 1. The molecule has 0 aliphatic heterocycles. The minimum atomic E-state index is -0.870. The van der Waals surface area contributed by atoms with Crippen molar-refractivity contribution >= 4 is 27.6 Å². The highest BCUT2D eigenvalue weighted by Crippen LogP contribution is 2.36. The molecule has 0 radical (unpaired) electrons. The summed E-state index contributed by atoms with van der Waals surface area (Å²) in [4.78, 5) is 19.5. The minimum absolute atomic E-state index is 0.337. The number of amides is 1. The Balaban J connectivity index is 2.10. The quantitative estimate of drug-likeness (QED) is 0.803. The van der Waals surface area contributed by atoms with Crippen LogP contribution in [-0.4, -0.2) is 23.2 Å². The minimum Gasteiger partial charge on any atom is -0.497 e. The Morgan fingerprint density at radius 3 is 2.95 bits per heavy atom. The molecule has 0 atom stereocenters. The summed E-state index contributed by atoms with van der Waals surface area (Å²) in [6.07, 6.45) is 2.25. The molecule has 0 aliphatic rings. The van der Waals surface area contributed by atoms with E-state index in [-0.39, 0.29) is 0 Å². The second-order valence-electron chi connectivity index (χ2n) is 4.15. The molecule has 1 aromatic carbocycles. The van der Waals surface area contributed by atoms with Gasteiger partial charge in [0.1, 0.15) is 16.5 Å². The summed E-state index contributed by atoms with van der Waals surface area (Å²) in [7, 11) is 1.61. The Morgan fingerprint density at radius 1 is 1.33 bits per heavy atom. The molecule has 3 aromatic rings. The van der Waals surface area contributed by atoms with Crippen LogP contribution in [-0.2, 0) is 0 Å². The van der Waals surface area contributed by atoms with Gasteiger partial charge in [-0.3, -0.25) is 4.98 Å². The number of fused-ring (bicyclic) bond motifs is 1. The van der Waals surface area contributed by atoms with E-state index in [9.17, 15) is 4.79 Å². The first-order chi connectivity index (χ1) is 10.2. The highest BCUT2D eigenvalue weighted by atomic mass is 32.1. The first-order valence-corrected chi connectivity index (χ1v) is 6.85. The lowest BCUT2D eigenvalue weighted by molar-refractivity contribution is 0.211. The van der Waals surface area contributed by atoms with Crippen LogP contribution in [0.2, 0.25) is 0 Å². The van der Waals surface area contributed by atoms with Crippen molar-refractivity contribution in [1.82, 2.24) is 9.97 Å². The summed E-state index contributed by atoms with van der Waals surface area (Å²) in [5, 5.41) is 0.697. The van der Waals surface area contributed by atoms with Gasteiger partial charge in [0.25, 0.3) is 0 Å². The van der Waals surface area contributed by atoms with Gasteiger partial charge in [-0.05, 0) is 12.1 Å². The Hall–Kier alpha value is -2.67. The molecule has 0 aliphatic carbocycles. The van der Waals surface area contributed by atoms with Gasteiger partial charge >= 0.3 is 6.09 Å². The van der Waals surface area contributed by atoms with Crippen LogP contribution >= 0.6 is 11.3 Å². The molecular formula is C14H11N3O3S. The summed E-state index contributed by atoms with van der Waals surface area (Å²) < 4.78 is 11.2. The lowest BCUT2D eigenvalue weighted by atomic mass is 10.2. The van der Waals surface area contributed by atoms with Gasteiger partial charge in [-0.15, -0.1) is 11.3 Å². The zero-order chi connectivity index (χ0) is 14.8. The standard InChI is InChI=1S/C14H11N3O3S/c1-19-8-2-3-12-10(6-8)17-13(21-12)9-7-16-5-4-11(9)20-14(15)18/h2-7H,1H3,(H2,15,18). The fraction of sp³-hybridized carbons (Fsp3) is 0.0714. The molecule has 0 spiro atoms. The first kappa shape index (κ1) is 13.3. The number of methoxy groups -OCH3 is 1. The Kier molecular flexibility index (Phi) is 3.41. The lowest BCUT2D eigenvalue weighted by Crippen LogP contribution is -2.16. The monoisotopic (exact) mass is 301 g/mol. The summed E-state index contributed by atoms with van der Waals surface area (Å²) >= 11 is 1.47. The Labute approximate surface area is 124 Å². The number of ether oxygens (including phenoxy) is 2. The van der Waals surface area contributed by atoms with Gasteiger partial charge in [-0.1, -0.05) is 0 Å². The van der Waals surface area contributed by atoms with Gasteiger partial charge in [0, 0.05) is 24.5 Å². The van der Waals surface area contributed by atoms with Crippen molar-refractivity contribution in [3.8, 4) is 22.1 Å². The zero-order valence-electron chi connectivity index (χ0n) is 11.1. The number of carbonyl (C=O) groups excluding carboxylic acids is 1. The number of rotatable bonds is 3. The van der Waals surface area contributed by atoms with E-state index in [0.717, 1.165) is 16.0 Å². The van der Waals surface area contributed by atoms with Crippen LogP contribution in [0.1, 0.15) is 0 Å². The maximum absolute atomic E-state index is 11.0. The van der Waals surface area contributed by atoms with Crippen LogP contribution in [0.3, 0.4) is 0 Å². The number of nitrogens with zero attached hydrogens (tertiary/aromatic N) is 2. The predicted octanol–water partition coefficient (Wildman–Crippen LogP) is 2.82. The molecule has 7 heteroatoms. The van der Waals surface area contributed by atoms with Gasteiger partial charge in [-0.25, -0.2) is 9.78 Å². The van der Waals surface area contributed by atoms with Gasteiger partial charge < -0.3 is 15.2 Å². The number of hydrogen-bond donors (Lipinski definition) is 1. The van der Waals surface area contributed by atoms with E-state index in [0.29, 0.717) is 16.3 Å². The molecule has 21 heavy (non-hydrogen) atoms. The molecule has 0 saturated heterocycles. The van der Waals surface area contributed by atoms with Crippen LogP contribution in [0.15, 0.2) is 36.7 Å². The van der Waals surface area contributed by atoms with Crippen LogP contribution in [0.25, 0.3) is 20.8 Å². The molecule has 0 fully saturated rings. The van der Waals surface area contributed by atoms with Crippen molar-refractivity contribution in [2.75, 3.05) is 7.11 Å². The number of pyridine rings is 1. The SMILES string of the molecule is COc1ccc2sc(-c3cnccc3OC(N)=O)nc2c1. The van der Waals surface area contributed by atoms with Crippen molar-refractivity contribution in [3.63, 3.8) is 0 Å². The Bertz CT molecular complexity index is 816. The van der Waals surface area contributed by atoms with Gasteiger partial charge in [0.2, 0.25) is 0 Å². The molecule has 0 bridgehead atoms. The molecule has 106 valence electrons. The number of benzene rings is 1. The fourth-order valence-electron chi connectivity index (χ4n) is 1.89. The number of aromatic nitrogens is 2. The molecule has 2 heterocycles. The largest absolute Gasteiger partial charge is 0.497 e. The molecule has 0 saturated carbocycles. The second-order valence-corrected chi connectivity index (χ2v) is 5.18. The summed E-state index contributed by atoms with van der Waals surface area (Å²) in [6.45, 7) is 0. The van der Waals surface area contributed by atoms with E-state index in [1.165, 1.54) is 17.5 Å². The van der Waals surface area contributed by atoms with Crippen LogP contribution < -0.4 is 15.2 Å². The van der Waals surface area contributed by atoms with Gasteiger partial charge in [-0.2, -0.15) is 0 Å². The summed E-state index contributed by atoms with van der Waals surface area (Å²) in [5.41, 5.74) is 6.50. The van der Waals surface area contributed by atoms with E-state index >= 15 is 0 Å². The van der Waals surface area contributed by atoms with Gasteiger partial charge in [0.15, 0.2) is 0 Å². The normalized spacial score (nSPS) is 10.5. The van der Waals surface area contributed by atoms with Crippen LogP contribution in [0, 0.1) is 0 Å². The molecule has 6 nitrogen and oxygen atoms in total. The number of hydrogen-bond acceptors (Lipinski definition) is 6. The van der Waals surface area contributed by atoms with Crippen LogP contribution in [0.4, 0.5) is 4.79 Å². The summed E-state index contributed by atoms with van der Waals surface area (Å²) in [6, 6.07) is 7.22. The average molecular weight is 301 g/mol. The average Bonchev–Trinajstić information content (AvgIpc) is 2.89. The number of primary amides is 1. The van der Waals surface area contributed by atoms with Crippen molar-refractivity contribution < 1.29 is 14.3 Å². The predicted molar refractivity (Wildman–Crippen MR) is 79.6 cm³/mol. The third kappa shape index (κ3) is 2.63. The molecule has 0 unspecified atom stereocenters. The first-order valence-electron chi connectivity index (χ1n) is 6.03. The van der Waals surface area contributed by atoms with E-state index in [1.54, 1.807) is 19.4 Å². The number of carbonyl (C=O) groups is 1. The molecular weight excluding hydrogens is 290 g/mol. The highest BCUT2D eigenvalue weighted by molar-refractivity contribution is 7.21. The Morgan fingerprint density at radius 2 is 2.19 bits per heavy atom. The van der Waals surface area contributed by atoms with Crippen molar-refractivity contribution in [3.05, 3.63) is 36.7 Å². The lowest BCUT2D eigenvalue weighted by Gasteiger charge is -2.04. The molecule has 1 amide bonds. The zero-order valence-corrected chi connectivity index (χ0v) is 11.9. The second kappa shape index (κ2) is 5.37. The third-order valence-corrected chi connectivity index (χ3v) is 3.89. The highest BCUT2D eigenvalue weighted by Gasteiger charge is 2.13. The van der Waals surface area contributed by atoms with E-state index in [2.05, 4.69) is 9.97 Å². The molecule has 2 aromatic heterocycles. The number of thiazole rings is 1. The van der Waals surface area contributed by atoms with E-state index < -0.39 is 6.09 Å². The molecule has 3 rings (SSSR count).